The predicted molar refractivity (Wildman–Crippen MR) is 105 cm³/mol. The van der Waals surface area contributed by atoms with Gasteiger partial charge in [-0.05, 0) is 54.2 Å². The predicted octanol–water partition coefficient (Wildman–Crippen LogP) is 4.49. The minimum absolute atomic E-state index is 0.191. The van der Waals surface area contributed by atoms with E-state index in [-0.39, 0.29) is 17.8 Å². The van der Waals surface area contributed by atoms with Crippen LogP contribution < -0.4 is 0 Å². The SMILES string of the molecule is O=C1CCCC2CN(Cc3cccc(Cl)c3)CC2N1Cc1cccc(F)c1. The van der Waals surface area contributed by atoms with Gasteiger partial charge in [0.1, 0.15) is 5.82 Å². The highest BCUT2D eigenvalue weighted by Crippen LogP contribution is 2.32. The number of fused-ring (bicyclic) bond motifs is 1. The Labute approximate surface area is 164 Å². The molecule has 0 bridgehead atoms. The van der Waals surface area contributed by atoms with Crippen molar-refractivity contribution in [3.05, 3.63) is 70.5 Å². The lowest BCUT2D eigenvalue weighted by molar-refractivity contribution is -0.133. The first-order valence-corrected chi connectivity index (χ1v) is 9.97. The zero-order valence-electron chi connectivity index (χ0n) is 15.3. The Kier molecular flexibility index (Phi) is 5.46. The Hall–Kier alpha value is -1.91. The van der Waals surface area contributed by atoms with Gasteiger partial charge in [-0.2, -0.15) is 0 Å². The summed E-state index contributed by atoms with van der Waals surface area (Å²) in [5.41, 5.74) is 2.05. The van der Waals surface area contributed by atoms with E-state index in [1.807, 2.05) is 29.2 Å². The van der Waals surface area contributed by atoms with Crippen LogP contribution in [0.1, 0.15) is 30.4 Å². The van der Waals surface area contributed by atoms with Crippen LogP contribution in [0.2, 0.25) is 5.02 Å². The Morgan fingerprint density at radius 1 is 1.04 bits per heavy atom. The van der Waals surface area contributed by atoms with Gasteiger partial charge in [-0.25, -0.2) is 4.39 Å². The molecule has 2 heterocycles. The molecule has 27 heavy (non-hydrogen) atoms. The van der Waals surface area contributed by atoms with E-state index in [9.17, 15) is 9.18 Å². The second-order valence-corrected chi connectivity index (χ2v) is 8.13. The molecule has 142 valence electrons. The molecular formula is C22H24ClFN2O. The third-order valence-corrected chi connectivity index (χ3v) is 5.94. The average molecular weight is 387 g/mol. The zero-order chi connectivity index (χ0) is 18.8. The molecule has 2 fully saturated rings. The lowest BCUT2D eigenvalue weighted by Crippen LogP contribution is -2.42. The number of carbonyl (C=O) groups is 1. The van der Waals surface area contributed by atoms with Crippen LogP contribution in [0.25, 0.3) is 0 Å². The van der Waals surface area contributed by atoms with Gasteiger partial charge in [0.15, 0.2) is 0 Å². The van der Waals surface area contributed by atoms with Crippen LogP contribution in [-0.4, -0.2) is 34.8 Å². The van der Waals surface area contributed by atoms with Crippen molar-refractivity contribution in [1.29, 1.82) is 0 Å². The normalized spacial score (nSPS) is 23.3. The number of rotatable bonds is 4. The molecule has 4 rings (SSSR count). The summed E-state index contributed by atoms with van der Waals surface area (Å²) in [7, 11) is 0. The molecule has 2 aromatic rings. The van der Waals surface area contributed by atoms with E-state index in [2.05, 4.69) is 11.0 Å². The fraction of sp³-hybridized carbons (Fsp3) is 0.409. The van der Waals surface area contributed by atoms with Crippen molar-refractivity contribution in [2.75, 3.05) is 13.1 Å². The fourth-order valence-corrected chi connectivity index (χ4v) is 4.70. The molecular weight excluding hydrogens is 363 g/mol. The molecule has 2 aliphatic heterocycles. The molecule has 5 heteroatoms. The number of benzene rings is 2. The van der Waals surface area contributed by atoms with Gasteiger partial charge in [-0.1, -0.05) is 35.9 Å². The maximum atomic E-state index is 13.6. The van der Waals surface area contributed by atoms with E-state index in [0.29, 0.717) is 18.9 Å². The summed E-state index contributed by atoms with van der Waals surface area (Å²) in [6, 6.07) is 14.7. The van der Waals surface area contributed by atoms with Crippen LogP contribution in [0.3, 0.4) is 0 Å². The van der Waals surface area contributed by atoms with Crippen LogP contribution in [0.4, 0.5) is 4.39 Å². The largest absolute Gasteiger partial charge is 0.334 e. The summed E-state index contributed by atoms with van der Waals surface area (Å²) in [5, 5.41) is 0.754. The summed E-state index contributed by atoms with van der Waals surface area (Å²) in [6.45, 7) is 3.18. The number of hydrogen-bond acceptors (Lipinski definition) is 2. The van der Waals surface area contributed by atoms with E-state index >= 15 is 0 Å². The van der Waals surface area contributed by atoms with Gasteiger partial charge in [0, 0.05) is 43.7 Å². The van der Waals surface area contributed by atoms with Crippen LogP contribution in [-0.2, 0) is 17.9 Å². The van der Waals surface area contributed by atoms with Gasteiger partial charge in [0.2, 0.25) is 5.91 Å². The molecule has 0 saturated carbocycles. The first-order chi connectivity index (χ1) is 13.1. The smallest absolute Gasteiger partial charge is 0.223 e. The average Bonchev–Trinajstić information content (AvgIpc) is 2.96. The monoisotopic (exact) mass is 386 g/mol. The molecule has 2 atom stereocenters. The number of carbonyl (C=O) groups excluding carboxylic acids is 1. The van der Waals surface area contributed by atoms with Crippen LogP contribution in [0, 0.1) is 11.7 Å². The molecule has 1 amide bonds. The molecule has 2 unspecified atom stereocenters. The molecule has 2 aliphatic rings. The van der Waals surface area contributed by atoms with Crippen LogP contribution in [0.15, 0.2) is 48.5 Å². The van der Waals surface area contributed by atoms with Crippen molar-refractivity contribution in [1.82, 2.24) is 9.80 Å². The first kappa shape index (κ1) is 18.5. The maximum absolute atomic E-state index is 13.6. The van der Waals surface area contributed by atoms with Gasteiger partial charge >= 0.3 is 0 Å². The Morgan fingerprint density at radius 2 is 1.81 bits per heavy atom. The third kappa shape index (κ3) is 4.33. The second-order valence-electron chi connectivity index (χ2n) is 7.70. The Bertz CT molecular complexity index is 827. The standard InChI is InChI=1S/C22H24ClFN2O/c23-19-7-1-4-16(10-19)12-25-14-18-6-3-9-22(27)26(21(18)15-25)13-17-5-2-8-20(24)11-17/h1-2,4-5,7-8,10-11,18,21H,3,6,9,12-15H2. The van der Waals surface area contributed by atoms with E-state index in [1.165, 1.54) is 17.7 Å². The zero-order valence-corrected chi connectivity index (χ0v) is 16.0. The highest BCUT2D eigenvalue weighted by Gasteiger charge is 2.40. The second kappa shape index (κ2) is 7.99. The van der Waals surface area contributed by atoms with Crippen molar-refractivity contribution in [2.45, 2.75) is 38.4 Å². The highest BCUT2D eigenvalue weighted by atomic mass is 35.5. The lowest BCUT2D eigenvalue weighted by Gasteiger charge is -2.30. The quantitative estimate of drug-likeness (QED) is 0.772. The molecule has 0 radical (unpaired) electrons. The van der Waals surface area contributed by atoms with Crippen molar-refractivity contribution in [3.8, 4) is 0 Å². The summed E-state index contributed by atoms with van der Waals surface area (Å²) in [6.07, 6.45) is 2.60. The van der Waals surface area contributed by atoms with Crippen molar-refractivity contribution >= 4 is 17.5 Å². The van der Waals surface area contributed by atoms with Crippen LogP contribution in [0.5, 0.6) is 0 Å². The van der Waals surface area contributed by atoms with Crippen molar-refractivity contribution in [3.63, 3.8) is 0 Å². The van der Waals surface area contributed by atoms with Gasteiger partial charge in [0.05, 0.1) is 0 Å². The Balaban J connectivity index is 1.50. The first-order valence-electron chi connectivity index (χ1n) is 9.59. The molecule has 0 aliphatic carbocycles. The summed E-state index contributed by atoms with van der Waals surface area (Å²) < 4.78 is 13.6. The molecule has 2 aromatic carbocycles. The lowest BCUT2D eigenvalue weighted by atomic mass is 9.98. The van der Waals surface area contributed by atoms with Gasteiger partial charge in [0.25, 0.3) is 0 Å². The molecule has 2 saturated heterocycles. The molecule has 0 N–H and O–H groups in total. The topological polar surface area (TPSA) is 23.6 Å². The molecule has 0 spiro atoms. The fourth-order valence-electron chi connectivity index (χ4n) is 4.48. The van der Waals surface area contributed by atoms with Crippen LogP contribution >= 0.6 is 11.6 Å². The van der Waals surface area contributed by atoms with Crippen molar-refractivity contribution < 1.29 is 9.18 Å². The number of likely N-dealkylation sites (tertiary alicyclic amines) is 2. The number of halogens is 2. The van der Waals surface area contributed by atoms with E-state index in [0.717, 1.165) is 43.1 Å². The minimum Gasteiger partial charge on any atom is -0.334 e. The highest BCUT2D eigenvalue weighted by molar-refractivity contribution is 6.30. The van der Waals surface area contributed by atoms with Crippen molar-refractivity contribution in [2.24, 2.45) is 5.92 Å². The third-order valence-electron chi connectivity index (χ3n) is 5.71. The minimum atomic E-state index is -0.250. The van der Waals surface area contributed by atoms with Gasteiger partial charge < -0.3 is 4.90 Å². The Morgan fingerprint density at radius 3 is 2.59 bits per heavy atom. The van der Waals surface area contributed by atoms with E-state index < -0.39 is 0 Å². The van der Waals surface area contributed by atoms with Gasteiger partial charge in [-0.3, -0.25) is 9.69 Å². The van der Waals surface area contributed by atoms with Gasteiger partial charge in [-0.15, -0.1) is 0 Å². The molecule has 0 aromatic heterocycles. The molecule has 3 nitrogen and oxygen atoms in total. The number of amides is 1. The van der Waals surface area contributed by atoms with E-state index in [4.69, 9.17) is 11.6 Å². The summed E-state index contributed by atoms with van der Waals surface area (Å²) in [4.78, 5) is 17.2. The summed E-state index contributed by atoms with van der Waals surface area (Å²) in [5.74, 6) is 0.417. The maximum Gasteiger partial charge on any atom is 0.223 e. The van der Waals surface area contributed by atoms with E-state index in [1.54, 1.807) is 6.07 Å². The number of nitrogens with zero attached hydrogens (tertiary/aromatic N) is 2. The number of hydrogen-bond donors (Lipinski definition) is 0. The summed E-state index contributed by atoms with van der Waals surface area (Å²) >= 11 is 6.12.